The second-order valence-corrected chi connectivity index (χ2v) is 6.69. The first-order valence-corrected chi connectivity index (χ1v) is 8.57. The number of carbonyl (C=O) groups excluding carboxylic acids is 1. The van der Waals surface area contributed by atoms with Crippen molar-refractivity contribution in [2.75, 3.05) is 26.3 Å². The number of aromatic nitrogens is 3. The highest BCUT2D eigenvalue weighted by Gasteiger charge is 2.39. The van der Waals surface area contributed by atoms with Crippen LogP contribution in [0.5, 0.6) is 0 Å². The van der Waals surface area contributed by atoms with E-state index in [9.17, 15) is 4.79 Å². The molecule has 2 saturated heterocycles. The summed E-state index contributed by atoms with van der Waals surface area (Å²) in [6.07, 6.45) is 9.68. The Morgan fingerprint density at radius 1 is 1.29 bits per heavy atom. The molecule has 7 nitrogen and oxygen atoms in total. The Kier molecular flexibility index (Phi) is 3.97. The number of aliphatic hydroxyl groups excluding tert-OH is 1. The van der Waals surface area contributed by atoms with E-state index in [0.29, 0.717) is 17.6 Å². The smallest absolute Gasteiger partial charge is 0.259 e. The maximum atomic E-state index is 12.8. The second kappa shape index (κ2) is 6.14. The molecule has 1 amide bonds. The number of likely N-dealkylation sites (tertiary alicyclic amines) is 1. The first-order chi connectivity index (χ1) is 11.7. The Bertz CT molecular complexity index is 741. The van der Waals surface area contributed by atoms with Crippen LogP contribution in [0.15, 0.2) is 18.6 Å². The van der Waals surface area contributed by atoms with Crippen molar-refractivity contribution < 1.29 is 14.6 Å². The van der Waals surface area contributed by atoms with E-state index in [1.165, 1.54) is 0 Å². The van der Waals surface area contributed by atoms with Crippen molar-refractivity contribution in [2.45, 2.75) is 37.7 Å². The van der Waals surface area contributed by atoms with Crippen LogP contribution >= 0.6 is 0 Å². The van der Waals surface area contributed by atoms with Gasteiger partial charge in [0.1, 0.15) is 5.56 Å². The molecule has 4 rings (SSSR count). The molecular weight excluding hydrogens is 308 g/mol. The van der Waals surface area contributed by atoms with Gasteiger partial charge in [0, 0.05) is 38.7 Å². The fourth-order valence-electron chi connectivity index (χ4n) is 3.76. The van der Waals surface area contributed by atoms with E-state index >= 15 is 0 Å². The normalized spacial score (nSPS) is 20.1. The lowest BCUT2D eigenvalue weighted by Gasteiger charge is -2.38. The van der Waals surface area contributed by atoms with Gasteiger partial charge in [0.15, 0.2) is 5.65 Å². The van der Waals surface area contributed by atoms with Crippen LogP contribution in [-0.2, 0) is 11.2 Å². The molecule has 4 heterocycles. The predicted octanol–water partition coefficient (Wildman–Crippen LogP) is 1.05. The SMILES string of the molecule is O=C(c1cnn2cc(CCO)cnc12)N1CCC2(CCCO2)CC1. The Hall–Kier alpha value is -1.99. The van der Waals surface area contributed by atoms with Gasteiger partial charge in [-0.1, -0.05) is 0 Å². The number of nitrogens with zero attached hydrogens (tertiary/aromatic N) is 4. The van der Waals surface area contributed by atoms with E-state index in [2.05, 4.69) is 10.1 Å². The Morgan fingerprint density at radius 3 is 2.83 bits per heavy atom. The molecular formula is C17H22N4O3. The van der Waals surface area contributed by atoms with Crippen molar-refractivity contribution in [2.24, 2.45) is 0 Å². The predicted molar refractivity (Wildman–Crippen MR) is 86.8 cm³/mol. The van der Waals surface area contributed by atoms with E-state index < -0.39 is 0 Å². The summed E-state index contributed by atoms with van der Waals surface area (Å²) in [5.41, 5.74) is 2.01. The summed E-state index contributed by atoms with van der Waals surface area (Å²) in [6.45, 7) is 2.36. The van der Waals surface area contributed by atoms with Crippen LogP contribution in [0.1, 0.15) is 41.6 Å². The van der Waals surface area contributed by atoms with Crippen molar-refractivity contribution in [3.05, 3.63) is 29.7 Å². The number of hydrogen-bond acceptors (Lipinski definition) is 5. The molecule has 0 saturated carbocycles. The molecule has 2 aromatic rings. The molecule has 1 spiro atoms. The molecule has 0 aliphatic carbocycles. The van der Waals surface area contributed by atoms with E-state index in [1.54, 1.807) is 16.9 Å². The summed E-state index contributed by atoms with van der Waals surface area (Å²) in [6, 6.07) is 0. The summed E-state index contributed by atoms with van der Waals surface area (Å²) >= 11 is 0. The number of carbonyl (C=O) groups is 1. The summed E-state index contributed by atoms with van der Waals surface area (Å²) < 4.78 is 7.53. The monoisotopic (exact) mass is 330 g/mol. The number of fused-ring (bicyclic) bond motifs is 1. The number of amides is 1. The van der Waals surface area contributed by atoms with Crippen LogP contribution in [0.4, 0.5) is 0 Å². The zero-order valence-corrected chi connectivity index (χ0v) is 13.6. The van der Waals surface area contributed by atoms with Crippen molar-refractivity contribution in [1.82, 2.24) is 19.5 Å². The molecule has 1 N–H and O–H groups in total. The summed E-state index contributed by atoms with van der Waals surface area (Å²) in [7, 11) is 0. The number of rotatable bonds is 3. The summed E-state index contributed by atoms with van der Waals surface area (Å²) in [4.78, 5) is 19.1. The topological polar surface area (TPSA) is 80.0 Å². The van der Waals surface area contributed by atoms with Gasteiger partial charge in [-0.15, -0.1) is 0 Å². The molecule has 0 unspecified atom stereocenters. The lowest BCUT2D eigenvalue weighted by atomic mass is 9.88. The number of ether oxygens (including phenoxy) is 1. The molecule has 128 valence electrons. The minimum absolute atomic E-state index is 0.00924. The summed E-state index contributed by atoms with van der Waals surface area (Å²) in [5.74, 6) is -0.0137. The number of piperidine rings is 1. The van der Waals surface area contributed by atoms with Crippen LogP contribution in [0.25, 0.3) is 5.65 Å². The van der Waals surface area contributed by atoms with Gasteiger partial charge in [0.25, 0.3) is 5.91 Å². The highest BCUT2D eigenvalue weighted by Crippen LogP contribution is 2.36. The minimum Gasteiger partial charge on any atom is -0.396 e. The zero-order valence-electron chi connectivity index (χ0n) is 13.6. The third-order valence-corrected chi connectivity index (χ3v) is 5.19. The summed E-state index contributed by atoms with van der Waals surface area (Å²) in [5, 5.41) is 13.3. The lowest BCUT2D eigenvalue weighted by Crippen LogP contribution is -2.46. The Labute approximate surface area is 140 Å². The third-order valence-electron chi connectivity index (χ3n) is 5.19. The van der Waals surface area contributed by atoms with Crippen molar-refractivity contribution in [3.63, 3.8) is 0 Å². The van der Waals surface area contributed by atoms with E-state index in [0.717, 1.165) is 50.9 Å². The molecule has 2 aromatic heterocycles. The van der Waals surface area contributed by atoms with E-state index in [-0.39, 0.29) is 18.1 Å². The quantitative estimate of drug-likeness (QED) is 0.910. The molecule has 2 aliphatic rings. The first kappa shape index (κ1) is 15.5. The van der Waals surface area contributed by atoms with Gasteiger partial charge in [-0.05, 0) is 37.7 Å². The van der Waals surface area contributed by atoms with E-state index in [4.69, 9.17) is 9.84 Å². The van der Waals surface area contributed by atoms with Crippen LogP contribution in [-0.4, -0.2) is 62.4 Å². The average Bonchev–Trinajstić information content (AvgIpc) is 3.22. The second-order valence-electron chi connectivity index (χ2n) is 6.69. The molecule has 0 bridgehead atoms. The van der Waals surface area contributed by atoms with Gasteiger partial charge in [-0.2, -0.15) is 5.10 Å². The maximum Gasteiger partial charge on any atom is 0.259 e. The highest BCUT2D eigenvalue weighted by molar-refractivity contribution is 5.99. The van der Waals surface area contributed by atoms with Crippen LogP contribution < -0.4 is 0 Å². The Morgan fingerprint density at radius 2 is 2.12 bits per heavy atom. The van der Waals surface area contributed by atoms with Gasteiger partial charge in [0.2, 0.25) is 0 Å². The van der Waals surface area contributed by atoms with Crippen molar-refractivity contribution >= 4 is 11.6 Å². The van der Waals surface area contributed by atoms with Gasteiger partial charge in [-0.25, -0.2) is 9.50 Å². The highest BCUT2D eigenvalue weighted by atomic mass is 16.5. The van der Waals surface area contributed by atoms with Gasteiger partial charge < -0.3 is 14.7 Å². The van der Waals surface area contributed by atoms with E-state index in [1.807, 2.05) is 11.1 Å². The van der Waals surface area contributed by atoms with Gasteiger partial charge >= 0.3 is 0 Å². The average molecular weight is 330 g/mol. The third kappa shape index (κ3) is 2.67. The number of hydrogen-bond donors (Lipinski definition) is 1. The molecule has 0 aromatic carbocycles. The van der Waals surface area contributed by atoms with Crippen molar-refractivity contribution in [1.29, 1.82) is 0 Å². The fraction of sp³-hybridized carbons (Fsp3) is 0.588. The van der Waals surface area contributed by atoms with Gasteiger partial charge in [0.05, 0.1) is 11.8 Å². The standard InChI is InChI=1S/C17H22N4O3/c22-8-2-13-10-18-15-14(11-19-21(15)12-13)16(23)20-6-4-17(5-7-20)3-1-9-24-17/h10-12,22H,1-9H2. The molecule has 0 atom stereocenters. The van der Waals surface area contributed by atoms with Crippen LogP contribution in [0, 0.1) is 0 Å². The molecule has 24 heavy (non-hydrogen) atoms. The fourth-order valence-corrected chi connectivity index (χ4v) is 3.76. The Balaban J connectivity index is 1.51. The lowest BCUT2D eigenvalue weighted by molar-refractivity contribution is -0.0387. The molecule has 2 fully saturated rings. The van der Waals surface area contributed by atoms with Crippen LogP contribution in [0.3, 0.4) is 0 Å². The largest absolute Gasteiger partial charge is 0.396 e. The zero-order chi connectivity index (χ0) is 16.6. The van der Waals surface area contributed by atoms with Crippen molar-refractivity contribution in [3.8, 4) is 0 Å². The number of aliphatic hydroxyl groups is 1. The molecule has 2 aliphatic heterocycles. The van der Waals surface area contributed by atoms with Gasteiger partial charge in [-0.3, -0.25) is 4.79 Å². The maximum absolute atomic E-state index is 12.8. The minimum atomic E-state index is -0.0137. The molecule has 0 radical (unpaired) electrons. The van der Waals surface area contributed by atoms with Crippen LogP contribution in [0.2, 0.25) is 0 Å². The first-order valence-electron chi connectivity index (χ1n) is 8.57. The molecule has 7 heteroatoms.